The summed E-state index contributed by atoms with van der Waals surface area (Å²) in [5.41, 5.74) is 1.08. The van der Waals surface area contributed by atoms with Gasteiger partial charge in [-0.15, -0.1) is 11.8 Å². The van der Waals surface area contributed by atoms with E-state index in [1.165, 1.54) is 14.0 Å². The Morgan fingerprint density at radius 3 is 2.73 bits per heavy atom. The number of nitrogens with one attached hydrogen (secondary N) is 1. The molecule has 7 nitrogen and oxygen atoms in total. The van der Waals surface area contributed by atoms with Crippen LogP contribution >= 0.6 is 11.8 Å². The Bertz CT molecular complexity index is 653. The van der Waals surface area contributed by atoms with Crippen molar-refractivity contribution in [1.82, 2.24) is 10.2 Å². The average Bonchev–Trinajstić information content (AvgIpc) is 3.12. The summed E-state index contributed by atoms with van der Waals surface area (Å²) in [4.78, 5) is 36.9. The van der Waals surface area contributed by atoms with Crippen LogP contribution in [0.25, 0.3) is 0 Å². The molecule has 0 bridgehead atoms. The minimum absolute atomic E-state index is 0.0954. The quantitative estimate of drug-likeness (QED) is 0.548. The smallest absolute Gasteiger partial charge is 0.328 e. The number of amides is 2. The topological polar surface area (TPSA) is 88.8 Å². The SMILES string of the molecule is COC(=O)C(CCCCN1C(=O)CSC1c1cc(C)c(C)o1)NC(C)=O. The van der Waals surface area contributed by atoms with E-state index in [1.54, 1.807) is 11.8 Å². The van der Waals surface area contributed by atoms with Crippen molar-refractivity contribution >= 4 is 29.5 Å². The summed E-state index contributed by atoms with van der Waals surface area (Å²) < 4.78 is 10.5. The van der Waals surface area contributed by atoms with Gasteiger partial charge in [-0.05, 0) is 44.7 Å². The molecule has 2 heterocycles. The van der Waals surface area contributed by atoms with Gasteiger partial charge in [-0.3, -0.25) is 9.59 Å². The number of esters is 1. The molecule has 1 aromatic rings. The molecule has 2 amide bonds. The van der Waals surface area contributed by atoms with Gasteiger partial charge < -0.3 is 19.4 Å². The number of unbranched alkanes of at least 4 members (excludes halogenated alkanes) is 1. The van der Waals surface area contributed by atoms with Crippen LogP contribution in [0.4, 0.5) is 0 Å². The highest BCUT2D eigenvalue weighted by Gasteiger charge is 2.34. The molecule has 1 saturated heterocycles. The minimum Gasteiger partial charge on any atom is -0.467 e. The van der Waals surface area contributed by atoms with E-state index in [9.17, 15) is 14.4 Å². The lowest BCUT2D eigenvalue weighted by atomic mass is 10.1. The third-order valence-corrected chi connectivity index (χ3v) is 5.62. The fourth-order valence-electron chi connectivity index (χ4n) is 2.92. The Hall–Kier alpha value is -1.96. The van der Waals surface area contributed by atoms with E-state index in [2.05, 4.69) is 5.32 Å². The Balaban J connectivity index is 1.89. The maximum atomic E-state index is 12.2. The molecule has 0 aliphatic carbocycles. The van der Waals surface area contributed by atoms with Gasteiger partial charge in [-0.1, -0.05) is 0 Å². The molecule has 2 atom stereocenters. The second-order valence-corrected chi connectivity index (χ2v) is 7.48. The van der Waals surface area contributed by atoms with Gasteiger partial charge in [0.05, 0.1) is 12.9 Å². The van der Waals surface area contributed by atoms with Crippen molar-refractivity contribution < 1.29 is 23.5 Å². The van der Waals surface area contributed by atoms with E-state index >= 15 is 0 Å². The van der Waals surface area contributed by atoms with Crippen molar-refractivity contribution in [3.8, 4) is 0 Å². The molecule has 144 valence electrons. The standard InChI is InChI=1S/C18H26N2O5S/c1-11-9-15(25-12(11)2)17-20(16(22)10-26-17)8-6-5-7-14(18(23)24-4)19-13(3)21/h9,14,17H,5-8,10H2,1-4H3,(H,19,21). The van der Waals surface area contributed by atoms with Crippen molar-refractivity contribution in [2.75, 3.05) is 19.4 Å². The zero-order chi connectivity index (χ0) is 19.3. The van der Waals surface area contributed by atoms with Gasteiger partial charge in [0.25, 0.3) is 0 Å². The monoisotopic (exact) mass is 382 g/mol. The summed E-state index contributed by atoms with van der Waals surface area (Å²) in [6.07, 6.45) is 1.90. The fourth-order valence-corrected chi connectivity index (χ4v) is 4.07. The van der Waals surface area contributed by atoms with Crippen LogP contribution in [0.15, 0.2) is 10.5 Å². The highest BCUT2D eigenvalue weighted by molar-refractivity contribution is 8.00. The van der Waals surface area contributed by atoms with E-state index in [4.69, 9.17) is 9.15 Å². The maximum Gasteiger partial charge on any atom is 0.328 e. The number of methoxy groups -OCH3 is 1. The number of ether oxygens (including phenoxy) is 1. The van der Waals surface area contributed by atoms with E-state index < -0.39 is 12.0 Å². The number of carbonyl (C=O) groups is 3. The Morgan fingerprint density at radius 1 is 1.42 bits per heavy atom. The van der Waals surface area contributed by atoms with Crippen LogP contribution in [0.5, 0.6) is 0 Å². The Kier molecular flexibility index (Phi) is 7.14. The van der Waals surface area contributed by atoms with E-state index in [1.807, 2.05) is 24.8 Å². The van der Waals surface area contributed by atoms with Crippen LogP contribution in [-0.2, 0) is 19.1 Å². The van der Waals surface area contributed by atoms with Crippen LogP contribution in [0.2, 0.25) is 0 Å². The number of hydrogen-bond acceptors (Lipinski definition) is 6. The molecule has 1 aliphatic rings. The summed E-state index contributed by atoms with van der Waals surface area (Å²) >= 11 is 1.57. The first kappa shape index (κ1) is 20.4. The Morgan fingerprint density at radius 2 is 2.15 bits per heavy atom. The molecule has 8 heteroatoms. The third kappa shape index (κ3) is 5.03. The van der Waals surface area contributed by atoms with Crippen LogP contribution in [0, 0.1) is 13.8 Å². The lowest BCUT2D eigenvalue weighted by Crippen LogP contribution is -2.40. The number of hydrogen-bond donors (Lipinski definition) is 1. The van der Waals surface area contributed by atoms with Crippen LogP contribution in [0.3, 0.4) is 0 Å². The molecule has 26 heavy (non-hydrogen) atoms. The van der Waals surface area contributed by atoms with Crippen molar-refractivity contribution in [3.05, 3.63) is 23.2 Å². The molecular formula is C18H26N2O5S. The van der Waals surface area contributed by atoms with Crippen molar-refractivity contribution in [2.24, 2.45) is 0 Å². The van der Waals surface area contributed by atoms with Gasteiger partial charge in [0.15, 0.2) is 0 Å². The average molecular weight is 382 g/mol. The molecule has 2 unspecified atom stereocenters. The molecule has 0 spiro atoms. The molecule has 1 aliphatic heterocycles. The van der Waals surface area contributed by atoms with E-state index in [0.29, 0.717) is 25.1 Å². The molecule has 0 radical (unpaired) electrons. The predicted molar refractivity (Wildman–Crippen MR) is 98.6 cm³/mol. The zero-order valence-corrected chi connectivity index (χ0v) is 16.5. The molecule has 2 rings (SSSR count). The number of carbonyl (C=O) groups excluding carboxylic acids is 3. The third-order valence-electron chi connectivity index (χ3n) is 4.40. The van der Waals surface area contributed by atoms with Crippen LogP contribution in [-0.4, -0.2) is 48.1 Å². The molecule has 0 aromatic carbocycles. The highest BCUT2D eigenvalue weighted by Crippen LogP contribution is 2.40. The second kappa shape index (κ2) is 9.12. The first-order valence-electron chi connectivity index (χ1n) is 8.66. The van der Waals surface area contributed by atoms with Gasteiger partial charge in [-0.25, -0.2) is 4.79 Å². The zero-order valence-electron chi connectivity index (χ0n) is 15.7. The molecular weight excluding hydrogens is 356 g/mol. The van der Waals surface area contributed by atoms with E-state index in [0.717, 1.165) is 23.5 Å². The minimum atomic E-state index is -0.646. The van der Waals surface area contributed by atoms with Crippen molar-refractivity contribution in [2.45, 2.75) is 51.4 Å². The van der Waals surface area contributed by atoms with Crippen molar-refractivity contribution in [1.29, 1.82) is 0 Å². The number of rotatable bonds is 8. The van der Waals surface area contributed by atoms with Gasteiger partial charge in [0, 0.05) is 13.5 Å². The summed E-state index contributed by atoms with van der Waals surface area (Å²) in [5.74, 6) is 1.50. The first-order chi connectivity index (χ1) is 12.3. The fraction of sp³-hybridized carbons (Fsp3) is 0.611. The summed E-state index contributed by atoms with van der Waals surface area (Å²) in [6, 6.07) is 1.34. The highest BCUT2D eigenvalue weighted by atomic mass is 32.2. The number of furan rings is 1. The number of nitrogens with zero attached hydrogens (tertiary/aromatic N) is 1. The van der Waals surface area contributed by atoms with E-state index in [-0.39, 0.29) is 17.2 Å². The van der Waals surface area contributed by atoms with Gasteiger partial charge in [-0.2, -0.15) is 0 Å². The van der Waals surface area contributed by atoms with Crippen LogP contribution in [0.1, 0.15) is 48.6 Å². The molecule has 1 N–H and O–H groups in total. The predicted octanol–water partition coefficient (Wildman–Crippen LogP) is 2.32. The lowest BCUT2D eigenvalue weighted by molar-refractivity contribution is -0.145. The summed E-state index contributed by atoms with van der Waals surface area (Å²) in [7, 11) is 1.30. The first-order valence-corrected chi connectivity index (χ1v) is 9.71. The number of thioether (sulfide) groups is 1. The van der Waals surface area contributed by atoms with Gasteiger partial charge in [0.2, 0.25) is 11.8 Å². The van der Waals surface area contributed by atoms with Crippen molar-refractivity contribution in [3.63, 3.8) is 0 Å². The Labute approximate surface area is 157 Å². The molecule has 1 aromatic heterocycles. The second-order valence-electron chi connectivity index (χ2n) is 6.41. The largest absolute Gasteiger partial charge is 0.467 e. The maximum absolute atomic E-state index is 12.2. The van der Waals surface area contributed by atoms with Gasteiger partial charge in [0.1, 0.15) is 22.9 Å². The van der Waals surface area contributed by atoms with Gasteiger partial charge >= 0.3 is 5.97 Å². The normalized spacial score (nSPS) is 18.1. The molecule has 0 saturated carbocycles. The number of aryl methyl sites for hydroxylation is 2. The summed E-state index contributed by atoms with van der Waals surface area (Å²) in [5, 5.41) is 2.50. The summed E-state index contributed by atoms with van der Waals surface area (Å²) in [6.45, 7) is 5.86. The lowest BCUT2D eigenvalue weighted by Gasteiger charge is -2.22. The van der Waals surface area contributed by atoms with Crippen LogP contribution < -0.4 is 5.32 Å². The molecule has 1 fully saturated rings.